The molecule has 112 valence electrons. The maximum Gasteiger partial charge on any atom is 0.124 e. The number of nitrogens with one attached hydrogen (secondary N) is 1. The summed E-state index contributed by atoms with van der Waals surface area (Å²) in [5.41, 5.74) is 1.25. The fraction of sp³-hybridized carbons (Fsp3) is 0.625. The van der Waals surface area contributed by atoms with Gasteiger partial charge in [0, 0.05) is 29.7 Å². The lowest BCUT2D eigenvalue weighted by Crippen LogP contribution is -2.21. The molecule has 0 amide bonds. The van der Waals surface area contributed by atoms with Crippen molar-refractivity contribution >= 4 is 11.8 Å². The smallest absolute Gasteiger partial charge is 0.124 e. The molecule has 1 fully saturated rings. The van der Waals surface area contributed by atoms with Gasteiger partial charge >= 0.3 is 0 Å². The highest BCUT2D eigenvalue weighted by Gasteiger charge is 2.18. The van der Waals surface area contributed by atoms with E-state index in [1.165, 1.54) is 18.4 Å². The quantitative estimate of drug-likeness (QED) is 0.797. The summed E-state index contributed by atoms with van der Waals surface area (Å²) in [6.07, 6.45) is 2.89. The molecule has 2 rings (SSSR count). The van der Waals surface area contributed by atoms with Gasteiger partial charge in [-0.15, -0.1) is 0 Å². The van der Waals surface area contributed by atoms with Crippen LogP contribution in [0, 0.1) is 0 Å². The molecule has 4 heteroatoms. The lowest BCUT2D eigenvalue weighted by molar-refractivity contribution is 0.129. The summed E-state index contributed by atoms with van der Waals surface area (Å²) in [5, 5.41) is 3.40. The van der Waals surface area contributed by atoms with Gasteiger partial charge in [-0.25, -0.2) is 0 Å². The highest BCUT2D eigenvalue weighted by molar-refractivity contribution is 7.99. The molecule has 1 N–H and O–H groups in total. The standard InChI is InChI=1S/C16H25NO2S/c1-3-18-16-9-5-4-8-14(16)15(17-2)12-20-11-13-7-6-10-19-13/h4-5,8-9,13,15,17H,3,6-7,10-12H2,1-2H3. The van der Waals surface area contributed by atoms with Crippen molar-refractivity contribution in [1.82, 2.24) is 5.32 Å². The van der Waals surface area contributed by atoms with Gasteiger partial charge in [-0.1, -0.05) is 18.2 Å². The third-order valence-electron chi connectivity index (χ3n) is 3.55. The Labute approximate surface area is 126 Å². The molecule has 1 aromatic rings. The van der Waals surface area contributed by atoms with Gasteiger partial charge in [-0.3, -0.25) is 0 Å². The van der Waals surface area contributed by atoms with Crippen LogP contribution in [-0.4, -0.2) is 37.9 Å². The minimum Gasteiger partial charge on any atom is -0.494 e. The summed E-state index contributed by atoms with van der Waals surface area (Å²) < 4.78 is 11.4. The van der Waals surface area contributed by atoms with E-state index in [4.69, 9.17) is 9.47 Å². The maximum atomic E-state index is 5.73. The Morgan fingerprint density at radius 2 is 2.30 bits per heavy atom. The van der Waals surface area contributed by atoms with Crippen LogP contribution in [-0.2, 0) is 4.74 Å². The van der Waals surface area contributed by atoms with Crippen LogP contribution in [0.25, 0.3) is 0 Å². The SMILES string of the molecule is CCOc1ccccc1C(CSCC1CCCO1)NC. The van der Waals surface area contributed by atoms with Crippen LogP contribution in [0.1, 0.15) is 31.4 Å². The molecule has 1 aliphatic heterocycles. The molecular formula is C16H25NO2S. The van der Waals surface area contributed by atoms with Crippen molar-refractivity contribution in [2.45, 2.75) is 31.9 Å². The number of benzene rings is 1. The average molecular weight is 295 g/mol. The fourth-order valence-electron chi connectivity index (χ4n) is 2.48. The van der Waals surface area contributed by atoms with E-state index in [2.05, 4.69) is 17.4 Å². The Kier molecular flexibility index (Phi) is 6.70. The zero-order valence-corrected chi connectivity index (χ0v) is 13.2. The third kappa shape index (κ3) is 4.40. The van der Waals surface area contributed by atoms with E-state index < -0.39 is 0 Å². The average Bonchev–Trinajstić information content (AvgIpc) is 2.98. The molecule has 20 heavy (non-hydrogen) atoms. The molecule has 0 saturated carbocycles. The van der Waals surface area contributed by atoms with Gasteiger partial charge in [0.2, 0.25) is 0 Å². The minimum atomic E-state index is 0.323. The first-order valence-electron chi connectivity index (χ1n) is 7.43. The summed E-state index contributed by atoms with van der Waals surface area (Å²) in [4.78, 5) is 0. The third-order valence-corrected chi connectivity index (χ3v) is 4.73. The van der Waals surface area contributed by atoms with E-state index in [9.17, 15) is 0 Å². The Hall–Kier alpha value is -0.710. The summed E-state index contributed by atoms with van der Waals surface area (Å²) in [6.45, 7) is 3.67. The number of rotatable bonds is 8. The summed E-state index contributed by atoms with van der Waals surface area (Å²) in [7, 11) is 2.01. The van der Waals surface area contributed by atoms with E-state index in [1.54, 1.807) is 0 Å². The molecule has 2 atom stereocenters. The molecule has 3 nitrogen and oxygen atoms in total. The van der Waals surface area contributed by atoms with Crippen LogP contribution in [0.3, 0.4) is 0 Å². The van der Waals surface area contributed by atoms with E-state index >= 15 is 0 Å². The van der Waals surface area contributed by atoms with E-state index in [0.717, 1.165) is 23.9 Å². The Morgan fingerprint density at radius 3 is 3.00 bits per heavy atom. The first-order chi connectivity index (χ1) is 9.85. The Bertz CT molecular complexity index is 394. The predicted molar refractivity (Wildman–Crippen MR) is 85.7 cm³/mol. The summed E-state index contributed by atoms with van der Waals surface area (Å²) in [6, 6.07) is 8.63. The normalized spacial score (nSPS) is 20.0. The van der Waals surface area contributed by atoms with Crippen LogP contribution in [0.4, 0.5) is 0 Å². The van der Waals surface area contributed by atoms with Crippen molar-refractivity contribution < 1.29 is 9.47 Å². The number of hydrogen-bond donors (Lipinski definition) is 1. The molecule has 1 heterocycles. The van der Waals surface area contributed by atoms with Crippen LogP contribution in [0.15, 0.2) is 24.3 Å². The second-order valence-electron chi connectivity index (χ2n) is 4.98. The number of para-hydroxylation sites is 1. The van der Waals surface area contributed by atoms with Gasteiger partial charge in [0.05, 0.1) is 12.7 Å². The molecule has 1 saturated heterocycles. The van der Waals surface area contributed by atoms with Crippen LogP contribution >= 0.6 is 11.8 Å². The maximum absolute atomic E-state index is 5.73. The summed E-state index contributed by atoms with van der Waals surface area (Å²) in [5.74, 6) is 3.13. The predicted octanol–water partition coefficient (Wildman–Crippen LogP) is 3.26. The lowest BCUT2D eigenvalue weighted by atomic mass is 10.1. The van der Waals surface area contributed by atoms with Gasteiger partial charge in [-0.05, 0) is 32.9 Å². The van der Waals surface area contributed by atoms with E-state index in [0.29, 0.717) is 18.8 Å². The van der Waals surface area contributed by atoms with Crippen LogP contribution in [0.2, 0.25) is 0 Å². The van der Waals surface area contributed by atoms with Gasteiger partial charge in [0.1, 0.15) is 5.75 Å². The van der Waals surface area contributed by atoms with E-state index in [-0.39, 0.29) is 0 Å². The first-order valence-corrected chi connectivity index (χ1v) is 8.59. The van der Waals surface area contributed by atoms with Crippen molar-refractivity contribution in [3.8, 4) is 5.75 Å². The second kappa shape index (κ2) is 8.55. The highest BCUT2D eigenvalue weighted by atomic mass is 32.2. The van der Waals surface area contributed by atoms with Crippen LogP contribution in [0.5, 0.6) is 5.75 Å². The largest absolute Gasteiger partial charge is 0.494 e. The number of ether oxygens (including phenoxy) is 2. The monoisotopic (exact) mass is 295 g/mol. The van der Waals surface area contributed by atoms with Gasteiger partial charge in [0.15, 0.2) is 0 Å². The first kappa shape index (κ1) is 15.7. The van der Waals surface area contributed by atoms with Crippen molar-refractivity contribution in [1.29, 1.82) is 0 Å². The molecule has 0 aromatic heterocycles. The second-order valence-corrected chi connectivity index (χ2v) is 6.06. The van der Waals surface area contributed by atoms with Gasteiger partial charge < -0.3 is 14.8 Å². The van der Waals surface area contributed by atoms with Crippen molar-refractivity contribution in [2.75, 3.05) is 31.8 Å². The molecule has 2 unspecified atom stereocenters. The van der Waals surface area contributed by atoms with Crippen molar-refractivity contribution in [3.05, 3.63) is 29.8 Å². The molecule has 0 bridgehead atoms. The molecule has 0 aliphatic carbocycles. The van der Waals surface area contributed by atoms with Gasteiger partial charge in [0.25, 0.3) is 0 Å². The van der Waals surface area contributed by atoms with E-state index in [1.807, 2.05) is 37.9 Å². The molecule has 0 spiro atoms. The lowest BCUT2D eigenvalue weighted by Gasteiger charge is -2.20. The Morgan fingerprint density at radius 1 is 1.45 bits per heavy atom. The zero-order chi connectivity index (χ0) is 14.2. The highest BCUT2D eigenvalue weighted by Crippen LogP contribution is 2.28. The minimum absolute atomic E-state index is 0.323. The van der Waals surface area contributed by atoms with Crippen LogP contribution < -0.4 is 10.1 Å². The molecular weight excluding hydrogens is 270 g/mol. The summed E-state index contributed by atoms with van der Waals surface area (Å²) >= 11 is 1.96. The fourth-order valence-corrected chi connectivity index (χ4v) is 3.72. The van der Waals surface area contributed by atoms with Crippen molar-refractivity contribution in [3.63, 3.8) is 0 Å². The topological polar surface area (TPSA) is 30.5 Å². The molecule has 1 aliphatic rings. The number of hydrogen-bond acceptors (Lipinski definition) is 4. The molecule has 1 aromatic carbocycles. The zero-order valence-electron chi connectivity index (χ0n) is 12.4. The Balaban J connectivity index is 1.89. The van der Waals surface area contributed by atoms with Crippen molar-refractivity contribution in [2.24, 2.45) is 0 Å². The van der Waals surface area contributed by atoms with Gasteiger partial charge in [-0.2, -0.15) is 11.8 Å². The number of thioether (sulfide) groups is 1. The molecule has 0 radical (unpaired) electrons.